The maximum absolute atomic E-state index is 11.9. The van der Waals surface area contributed by atoms with Crippen LogP contribution in [-0.4, -0.2) is 32.2 Å². The van der Waals surface area contributed by atoms with Gasteiger partial charge in [0.15, 0.2) is 11.5 Å². The average Bonchev–Trinajstić information content (AvgIpc) is 3.35. The molecule has 5 nitrogen and oxygen atoms in total. The van der Waals surface area contributed by atoms with Crippen LogP contribution >= 0.6 is 0 Å². The van der Waals surface area contributed by atoms with E-state index in [1.54, 1.807) is 0 Å². The Labute approximate surface area is 131 Å². The molecule has 1 fully saturated rings. The lowest BCUT2D eigenvalue weighted by Gasteiger charge is -2.28. The molecule has 2 N–H and O–H groups in total. The van der Waals surface area contributed by atoms with Gasteiger partial charge in [-0.05, 0) is 50.3 Å². The van der Waals surface area contributed by atoms with Crippen LogP contribution < -0.4 is 20.1 Å². The first-order valence-electron chi connectivity index (χ1n) is 7.96. The van der Waals surface area contributed by atoms with Crippen LogP contribution in [-0.2, 0) is 10.3 Å². The van der Waals surface area contributed by atoms with Crippen LogP contribution in [0.4, 0.5) is 0 Å². The van der Waals surface area contributed by atoms with Crippen LogP contribution in [0.3, 0.4) is 0 Å². The summed E-state index contributed by atoms with van der Waals surface area (Å²) in [6.45, 7) is 6.42. The van der Waals surface area contributed by atoms with Crippen molar-refractivity contribution in [3.63, 3.8) is 0 Å². The molecule has 1 aliphatic carbocycles. The molecule has 1 saturated carbocycles. The fourth-order valence-corrected chi connectivity index (χ4v) is 2.48. The van der Waals surface area contributed by atoms with Crippen LogP contribution in [0, 0.1) is 5.92 Å². The van der Waals surface area contributed by atoms with Gasteiger partial charge in [-0.1, -0.05) is 6.07 Å². The Morgan fingerprint density at radius 3 is 2.68 bits per heavy atom. The summed E-state index contributed by atoms with van der Waals surface area (Å²) in [5.41, 5.74) is 0.763. The van der Waals surface area contributed by atoms with Crippen molar-refractivity contribution in [1.82, 2.24) is 10.6 Å². The van der Waals surface area contributed by atoms with Gasteiger partial charge in [0.05, 0.1) is 6.54 Å². The largest absolute Gasteiger partial charge is 0.486 e. The highest BCUT2D eigenvalue weighted by molar-refractivity contribution is 5.78. The lowest BCUT2D eigenvalue weighted by atomic mass is 9.93. The van der Waals surface area contributed by atoms with E-state index in [0.29, 0.717) is 25.7 Å². The van der Waals surface area contributed by atoms with E-state index in [1.807, 2.05) is 18.2 Å². The van der Waals surface area contributed by atoms with Crippen LogP contribution in [0.2, 0.25) is 0 Å². The highest BCUT2D eigenvalue weighted by Crippen LogP contribution is 2.34. The molecule has 0 aromatic heterocycles. The molecule has 0 spiro atoms. The van der Waals surface area contributed by atoms with E-state index in [1.165, 1.54) is 12.8 Å². The molecule has 0 bridgehead atoms. The van der Waals surface area contributed by atoms with Gasteiger partial charge in [-0.3, -0.25) is 10.1 Å². The number of nitrogens with one attached hydrogen (secondary N) is 2. The predicted molar refractivity (Wildman–Crippen MR) is 84.2 cm³/mol. The van der Waals surface area contributed by atoms with Crippen molar-refractivity contribution in [2.75, 3.05) is 26.3 Å². The first-order valence-corrected chi connectivity index (χ1v) is 7.96. The Balaban J connectivity index is 1.57. The maximum Gasteiger partial charge on any atom is 0.233 e. The number of amides is 1. The van der Waals surface area contributed by atoms with Gasteiger partial charge in [0.25, 0.3) is 0 Å². The normalized spacial score (nSPS) is 17.2. The van der Waals surface area contributed by atoms with E-state index in [-0.39, 0.29) is 11.4 Å². The van der Waals surface area contributed by atoms with Gasteiger partial charge in [0.1, 0.15) is 13.2 Å². The average molecular weight is 304 g/mol. The third kappa shape index (κ3) is 3.71. The summed E-state index contributed by atoms with van der Waals surface area (Å²) in [5, 5.41) is 6.29. The molecule has 0 unspecified atom stereocenters. The van der Waals surface area contributed by atoms with Gasteiger partial charge in [-0.15, -0.1) is 0 Å². The lowest BCUT2D eigenvalue weighted by Crippen LogP contribution is -2.43. The molecule has 0 atom stereocenters. The van der Waals surface area contributed by atoms with Gasteiger partial charge in [0, 0.05) is 12.1 Å². The van der Waals surface area contributed by atoms with Crippen LogP contribution in [0.5, 0.6) is 11.5 Å². The second kappa shape index (κ2) is 6.16. The van der Waals surface area contributed by atoms with E-state index in [4.69, 9.17) is 9.47 Å². The molecule has 1 amide bonds. The SMILES string of the molecule is CC(C)(NCC(=O)NCC1CC1)c1ccc2c(c1)OCCO2. The minimum absolute atomic E-state index is 0.0533. The molecule has 120 valence electrons. The number of carbonyl (C=O) groups is 1. The van der Waals surface area contributed by atoms with Crippen molar-refractivity contribution < 1.29 is 14.3 Å². The van der Waals surface area contributed by atoms with Crippen molar-refractivity contribution in [2.24, 2.45) is 5.92 Å². The quantitative estimate of drug-likeness (QED) is 0.841. The molecule has 3 rings (SSSR count). The van der Waals surface area contributed by atoms with Crippen molar-refractivity contribution >= 4 is 5.91 Å². The van der Waals surface area contributed by atoms with E-state index in [0.717, 1.165) is 23.6 Å². The first kappa shape index (κ1) is 15.2. The van der Waals surface area contributed by atoms with Crippen molar-refractivity contribution in [1.29, 1.82) is 0 Å². The molecule has 22 heavy (non-hydrogen) atoms. The number of rotatable bonds is 6. The summed E-state index contributed by atoms with van der Waals surface area (Å²) in [6, 6.07) is 5.94. The molecule has 1 heterocycles. The summed E-state index contributed by atoms with van der Waals surface area (Å²) in [6.07, 6.45) is 2.49. The number of hydrogen-bond acceptors (Lipinski definition) is 4. The maximum atomic E-state index is 11.9. The number of fused-ring (bicyclic) bond motifs is 1. The molecule has 1 aromatic carbocycles. The molecule has 5 heteroatoms. The minimum Gasteiger partial charge on any atom is -0.486 e. The van der Waals surface area contributed by atoms with Gasteiger partial charge in [-0.25, -0.2) is 0 Å². The smallest absolute Gasteiger partial charge is 0.233 e. The van der Waals surface area contributed by atoms with Gasteiger partial charge < -0.3 is 14.8 Å². The highest BCUT2D eigenvalue weighted by atomic mass is 16.6. The molecular formula is C17H24N2O3. The fourth-order valence-electron chi connectivity index (χ4n) is 2.48. The summed E-state index contributed by atoms with van der Waals surface area (Å²) in [5.74, 6) is 2.32. The topological polar surface area (TPSA) is 59.6 Å². The molecule has 0 saturated heterocycles. The summed E-state index contributed by atoms with van der Waals surface area (Å²) >= 11 is 0. The zero-order valence-electron chi connectivity index (χ0n) is 13.3. The van der Waals surface area contributed by atoms with E-state index in [2.05, 4.69) is 24.5 Å². The fraction of sp³-hybridized carbons (Fsp3) is 0.588. The Morgan fingerprint density at radius 2 is 1.95 bits per heavy atom. The minimum atomic E-state index is -0.313. The molecule has 1 aromatic rings. The summed E-state index contributed by atoms with van der Waals surface area (Å²) < 4.78 is 11.2. The Morgan fingerprint density at radius 1 is 1.23 bits per heavy atom. The number of ether oxygens (including phenoxy) is 2. The highest BCUT2D eigenvalue weighted by Gasteiger charge is 2.25. The Bertz CT molecular complexity index is 553. The Hall–Kier alpha value is -1.75. The van der Waals surface area contributed by atoms with E-state index in [9.17, 15) is 4.79 Å². The van der Waals surface area contributed by atoms with Crippen LogP contribution in [0.25, 0.3) is 0 Å². The number of benzene rings is 1. The van der Waals surface area contributed by atoms with Gasteiger partial charge in [0.2, 0.25) is 5.91 Å². The van der Waals surface area contributed by atoms with Crippen molar-refractivity contribution in [3.05, 3.63) is 23.8 Å². The van der Waals surface area contributed by atoms with Gasteiger partial charge in [-0.2, -0.15) is 0 Å². The third-order valence-electron chi connectivity index (χ3n) is 4.24. The Kier molecular flexibility index (Phi) is 4.25. The standard InChI is InChI=1S/C17H24N2O3/c1-17(2,19-11-16(20)18-10-12-3-4-12)13-5-6-14-15(9-13)22-8-7-21-14/h5-6,9,12,19H,3-4,7-8,10-11H2,1-2H3,(H,18,20). The second-order valence-electron chi connectivity index (χ2n) is 6.58. The molecule has 1 aliphatic heterocycles. The summed E-state index contributed by atoms with van der Waals surface area (Å²) in [4.78, 5) is 11.9. The van der Waals surface area contributed by atoms with Crippen molar-refractivity contribution in [3.8, 4) is 11.5 Å². The molecule has 2 aliphatic rings. The molecular weight excluding hydrogens is 280 g/mol. The van der Waals surface area contributed by atoms with Crippen LogP contribution in [0.15, 0.2) is 18.2 Å². The zero-order valence-corrected chi connectivity index (χ0v) is 13.3. The number of carbonyl (C=O) groups excluding carboxylic acids is 1. The van der Waals surface area contributed by atoms with Crippen LogP contribution in [0.1, 0.15) is 32.3 Å². The first-order chi connectivity index (χ1) is 10.5. The predicted octanol–water partition coefficient (Wildman–Crippen LogP) is 1.81. The second-order valence-corrected chi connectivity index (χ2v) is 6.58. The van der Waals surface area contributed by atoms with E-state index < -0.39 is 0 Å². The summed E-state index contributed by atoms with van der Waals surface area (Å²) in [7, 11) is 0. The van der Waals surface area contributed by atoms with Gasteiger partial charge >= 0.3 is 0 Å². The zero-order chi connectivity index (χ0) is 15.6. The number of hydrogen-bond donors (Lipinski definition) is 2. The van der Waals surface area contributed by atoms with Crippen molar-refractivity contribution in [2.45, 2.75) is 32.2 Å². The third-order valence-corrected chi connectivity index (χ3v) is 4.24. The monoisotopic (exact) mass is 304 g/mol. The van der Waals surface area contributed by atoms with E-state index >= 15 is 0 Å². The molecule has 0 radical (unpaired) electrons. The lowest BCUT2D eigenvalue weighted by molar-refractivity contribution is -0.120.